The number of fused-ring (bicyclic) bond motifs is 2. The molecule has 7 nitrogen and oxygen atoms in total. The van der Waals surface area contributed by atoms with Crippen LogP contribution in [-0.4, -0.2) is 49.9 Å². The first kappa shape index (κ1) is 31.9. The second-order valence-corrected chi connectivity index (χ2v) is 14.0. The Labute approximate surface area is 272 Å². The van der Waals surface area contributed by atoms with E-state index in [1.54, 1.807) is 0 Å². The molecule has 2 aliphatic rings. The van der Waals surface area contributed by atoms with Crippen molar-refractivity contribution in [3.05, 3.63) is 143 Å². The van der Waals surface area contributed by atoms with Crippen molar-refractivity contribution in [1.29, 1.82) is 0 Å². The van der Waals surface area contributed by atoms with Crippen LogP contribution in [0.2, 0.25) is 0 Å². The summed E-state index contributed by atoms with van der Waals surface area (Å²) >= 11 is 0. The number of aliphatic hydroxyl groups excluding tert-OH is 2. The van der Waals surface area contributed by atoms with Crippen LogP contribution in [0.3, 0.4) is 0 Å². The maximum atomic E-state index is 13.9. The van der Waals surface area contributed by atoms with E-state index in [4.69, 9.17) is 0 Å². The zero-order chi connectivity index (χ0) is 32.0. The first-order valence-corrected chi connectivity index (χ1v) is 17.4. The maximum absolute atomic E-state index is 13.9. The molecule has 0 radical (unpaired) electrons. The van der Waals surface area contributed by atoms with Gasteiger partial charge in [0.1, 0.15) is 0 Å². The third-order valence-corrected chi connectivity index (χ3v) is 10.7. The molecule has 0 fully saturated rings. The molecule has 2 amide bonds. The van der Waals surface area contributed by atoms with Crippen LogP contribution in [0.1, 0.15) is 45.5 Å². The Hall–Kier alpha value is -4.11. The summed E-state index contributed by atoms with van der Waals surface area (Å²) in [7, 11) is -1.53. The molecule has 0 bridgehead atoms. The van der Waals surface area contributed by atoms with Crippen molar-refractivity contribution in [3.63, 3.8) is 0 Å². The fraction of sp³-hybridized carbons (Fsp3) is 0.316. The van der Waals surface area contributed by atoms with Gasteiger partial charge in [0.2, 0.25) is 11.8 Å². The van der Waals surface area contributed by atoms with Crippen LogP contribution < -0.4 is 10.6 Å². The molecule has 0 saturated heterocycles. The fourth-order valence-electron chi connectivity index (χ4n) is 6.81. The molecule has 0 spiro atoms. The number of nitrogens with one attached hydrogen (secondary N) is 2. The highest BCUT2D eigenvalue weighted by atomic mass is 32.2. The smallest absolute Gasteiger partial charge is 0.224 e. The quantitative estimate of drug-likeness (QED) is 0.188. The van der Waals surface area contributed by atoms with Crippen molar-refractivity contribution in [2.45, 2.75) is 50.0 Å². The van der Waals surface area contributed by atoms with Crippen molar-refractivity contribution in [3.8, 4) is 0 Å². The highest BCUT2D eigenvalue weighted by molar-refractivity contribution is 7.85. The van der Waals surface area contributed by atoms with Gasteiger partial charge in [0, 0.05) is 35.1 Å². The van der Waals surface area contributed by atoms with Crippen LogP contribution in [0, 0.1) is 11.8 Å². The van der Waals surface area contributed by atoms with Gasteiger partial charge in [-0.05, 0) is 46.2 Å². The summed E-state index contributed by atoms with van der Waals surface area (Å²) < 4.78 is 13.9. The monoisotopic (exact) mass is 636 g/mol. The largest absolute Gasteiger partial charge is 0.390 e. The Balaban J connectivity index is 1.19. The summed E-state index contributed by atoms with van der Waals surface area (Å²) in [6, 6.07) is 33.6. The molecule has 0 aromatic heterocycles. The molecule has 46 heavy (non-hydrogen) atoms. The van der Waals surface area contributed by atoms with Gasteiger partial charge in [-0.1, -0.05) is 109 Å². The highest BCUT2D eigenvalue weighted by Crippen LogP contribution is 2.33. The van der Waals surface area contributed by atoms with Crippen molar-refractivity contribution in [2.24, 2.45) is 11.8 Å². The van der Waals surface area contributed by atoms with Gasteiger partial charge in [-0.15, -0.1) is 0 Å². The molecule has 6 atom stereocenters. The maximum Gasteiger partial charge on any atom is 0.224 e. The lowest BCUT2D eigenvalue weighted by atomic mass is 9.98. The van der Waals surface area contributed by atoms with Crippen LogP contribution in [-0.2, 0) is 46.1 Å². The summed E-state index contributed by atoms with van der Waals surface area (Å²) in [5.74, 6) is -1.67. The lowest BCUT2D eigenvalue weighted by Crippen LogP contribution is -2.42. The average molecular weight is 637 g/mol. The number of hydrogen-bond donors (Lipinski definition) is 4. The number of carbonyl (C=O) groups is 2. The van der Waals surface area contributed by atoms with E-state index in [-0.39, 0.29) is 23.3 Å². The van der Waals surface area contributed by atoms with Crippen molar-refractivity contribution >= 4 is 22.6 Å². The molecule has 4 N–H and O–H groups in total. The van der Waals surface area contributed by atoms with Crippen LogP contribution in [0.25, 0.3) is 0 Å². The van der Waals surface area contributed by atoms with Crippen molar-refractivity contribution in [1.82, 2.24) is 10.6 Å². The van der Waals surface area contributed by atoms with Crippen molar-refractivity contribution in [2.75, 3.05) is 11.5 Å². The third kappa shape index (κ3) is 7.47. The summed E-state index contributed by atoms with van der Waals surface area (Å²) in [6.45, 7) is 0. The minimum absolute atomic E-state index is 0.0681. The van der Waals surface area contributed by atoms with Gasteiger partial charge in [-0.25, -0.2) is 0 Å². The highest BCUT2D eigenvalue weighted by Gasteiger charge is 2.36. The van der Waals surface area contributed by atoms with E-state index in [0.29, 0.717) is 25.7 Å². The topological polar surface area (TPSA) is 116 Å². The SMILES string of the molecule is O=C(N[C@H]1c2ccccc2C[C@H]1O)C(Cc1ccccc1)CS(=O)CC(Cc1ccccc1)C(=O)N[C@H]1c2ccccc2C[C@H]1O. The standard InChI is InChI=1S/C38H40N2O5S/c41-33-21-27-15-7-9-17-31(27)35(33)39-37(43)29(19-25-11-3-1-4-12-25)23-46(45)24-30(20-26-13-5-2-6-14-26)38(44)40-36-32-18-10-8-16-28(32)22-34(36)42/h1-18,29-30,33-36,41-42H,19-24H2,(H,39,43)(H,40,44)/t29?,30?,33-,34-,35+,36+,46?/m1/s1. The molecule has 2 unspecified atom stereocenters. The van der Waals surface area contributed by atoms with Gasteiger partial charge in [0.05, 0.1) is 36.1 Å². The zero-order valence-corrected chi connectivity index (χ0v) is 26.4. The summed E-state index contributed by atoms with van der Waals surface area (Å²) in [5.41, 5.74) is 5.71. The Morgan fingerprint density at radius 1 is 0.609 bits per heavy atom. The number of aliphatic hydroxyl groups is 2. The van der Waals surface area contributed by atoms with E-state index in [1.807, 2.05) is 109 Å². The molecule has 0 heterocycles. The second kappa shape index (κ2) is 14.5. The van der Waals surface area contributed by atoms with Crippen LogP contribution in [0.5, 0.6) is 0 Å². The molecule has 0 saturated carbocycles. The van der Waals surface area contributed by atoms with E-state index in [9.17, 15) is 24.0 Å². The molecule has 8 heteroatoms. The van der Waals surface area contributed by atoms with Gasteiger partial charge in [0.15, 0.2) is 0 Å². The lowest BCUT2D eigenvalue weighted by molar-refractivity contribution is -0.126. The first-order chi connectivity index (χ1) is 22.4. The number of hydrogen-bond acceptors (Lipinski definition) is 5. The molecule has 4 aromatic rings. The molecule has 0 aliphatic heterocycles. The molecular formula is C38H40N2O5S. The average Bonchev–Trinajstić information content (AvgIpc) is 3.55. The predicted molar refractivity (Wildman–Crippen MR) is 179 cm³/mol. The number of carbonyl (C=O) groups excluding carboxylic acids is 2. The summed E-state index contributed by atoms with van der Waals surface area (Å²) in [5, 5.41) is 27.7. The predicted octanol–water partition coefficient (Wildman–Crippen LogP) is 4.00. The van der Waals surface area contributed by atoms with Gasteiger partial charge in [-0.3, -0.25) is 13.8 Å². The second-order valence-electron chi connectivity index (χ2n) is 12.5. The van der Waals surface area contributed by atoms with E-state index in [1.165, 1.54) is 0 Å². The summed E-state index contributed by atoms with van der Waals surface area (Å²) in [4.78, 5) is 27.6. The van der Waals surface area contributed by atoms with E-state index >= 15 is 0 Å². The molecule has 2 aliphatic carbocycles. The molecule has 238 valence electrons. The normalized spacial score (nSPS) is 21.9. The number of benzene rings is 4. The number of amides is 2. The third-order valence-electron chi connectivity index (χ3n) is 9.17. The Bertz CT molecular complexity index is 1560. The Morgan fingerprint density at radius 2 is 0.978 bits per heavy atom. The van der Waals surface area contributed by atoms with E-state index in [0.717, 1.165) is 33.4 Å². The zero-order valence-electron chi connectivity index (χ0n) is 25.6. The fourth-order valence-corrected chi connectivity index (χ4v) is 8.38. The Morgan fingerprint density at radius 3 is 1.39 bits per heavy atom. The molecule has 6 rings (SSSR count). The summed E-state index contributed by atoms with van der Waals surface area (Å²) in [6.07, 6.45) is 0.214. The van der Waals surface area contributed by atoms with Gasteiger partial charge < -0.3 is 20.8 Å². The minimum atomic E-state index is -1.53. The van der Waals surface area contributed by atoms with E-state index < -0.39 is 46.9 Å². The van der Waals surface area contributed by atoms with Gasteiger partial charge >= 0.3 is 0 Å². The lowest BCUT2D eigenvalue weighted by Gasteiger charge is -2.25. The Kier molecular flexibility index (Phi) is 10.1. The van der Waals surface area contributed by atoms with Crippen LogP contribution >= 0.6 is 0 Å². The first-order valence-electron chi connectivity index (χ1n) is 15.9. The van der Waals surface area contributed by atoms with Crippen LogP contribution in [0.15, 0.2) is 109 Å². The molecule has 4 aromatic carbocycles. The van der Waals surface area contributed by atoms with Crippen LogP contribution in [0.4, 0.5) is 0 Å². The number of rotatable bonds is 12. The van der Waals surface area contributed by atoms with E-state index in [2.05, 4.69) is 10.6 Å². The van der Waals surface area contributed by atoms with Gasteiger partial charge in [-0.2, -0.15) is 0 Å². The molecular weight excluding hydrogens is 596 g/mol. The van der Waals surface area contributed by atoms with Crippen molar-refractivity contribution < 1.29 is 24.0 Å². The minimum Gasteiger partial charge on any atom is -0.390 e. The van der Waals surface area contributed by atoms with Gasteiger partial charge in [0.25, 0.3) is 0 Å².